The summed E-state index contributed by atoms with van der Waals surface area (Å²) in [6.45, 7) is 2.87. The van der Waals surface area contributed by atoms with E-state index in [1.165, 1.54) is 12.1 Å². The zero-order valence-corrected chi connectivity index (χ0v) is 10.6. The summed E-state index contributed by atoms with van der Waals surface area (Å²) in [5, 5.41) is 26.2. The molecule has 2 N–H and O–H groups in total. The number of rotatable bonds is 4. The van der Waals surface area contributed by atoms with E-state index in [0.29, 0.717) is 11.6 Å². The maximum absolute atomic E-state index is 10.9. The summed E-state index contributed by atoms with van der Waals surface area (Å²) in [5.74, 6) is 0.593. The average Bonchev–Trinajstić information content (AvgIpc) is 2.46. The van der Waals surface area contributed by atoms with E-state index in [1.807, 2.05) is 6.07 Å². The maximum atomic E-state index is 10.9. The first-order chi connectivity index (χ1) is 9.20. The fourth-order valence-corrected chi connectivity index (χ4v) is 2.24. The van der Waals surface area contributed by atoms with Gasteiger partial charge in [-0.15, -0.1) is 0 Å². The van der Waals surface area contributed by atoms with Gasteiger partial charge < -0.3 is 10.6 Å². The number of nitro groups is 1. The summed E-state index contributed by atoms with van der Waals surface area (Å²) >= 11 is 0. The van der Waals surface area contributed by atoms with Crippen LogP contribution < -0.4 is 10.6 Å². The van der Waals surface area contributed by atoms with Crippen molar-refractivity contribution < 1.29 is 4.92 Å². The van der Waals surface area contributed by atoms with Gasteiger partial charge in [0.2, 0.25) is 0 Å². The number of anilines is 1. The van der Waals surface area contributed by atoms with Crippen LogP contribution >= 0.6 is 0 Å². The fourth-order valence-electron chi connectivity index (χ4n) is 2.24. The highest BCUT2D eigenvalue weighted by molar-refractivity contribution is 5.59. The SMILES string of the molecule is N#Cc1ccc(NCC2CCNCC2)cc1[N+](=O)[O-]. The van der Waals surface area contributed by atoms with E-state index in [9.17, 15) is 10.1 Å². The lowest BCUT2D eigenvalue weighted by Gasteiger charge is -2.23. The zero-order valence-electron chi connectivity index (χ0n) is 10.6. The Morgan fingerprint density at radius 3 is 2.84 bits per heavy atom. The standard InChI is InChI=1S/C13H16N4O2/c14-8-11-1-2-12(7-13(11)17(18)19)16-9-10-3-5-15-6-4-10/h1-2,7,10,15-16H,3-6,9H2. The van der Waals surface area contributed by atoms with E-state index < -0.39 is 4.92 Å². The Morgan fingerprint density at radius 1 is 1.47 bits per heavy atom. The molecule has 0 bridgehead atoms. The molecule has 1 fully saturated rings. The zero-order chi connectivity index (χ0) is 13.7. The molecule has 2 rings (SSSR count). The summed E-state index contributed by atoms with van der Waals surface area (Å²) in [4.78, 5) is 10.3. The molecular formula is C13H16N4O2. The smallest absolute Gasteiger partial charge is 0.289 e. The molecule has 0 aliphatic carbocycles. The van der Waals surface area contributed by atoms with Crippen LogP contribution in [0.25, 0.3) is 0 Å². The minimum absolute atomic E-state index is 0.0948. The highest BCUT2D eigenvalue weighted by Crippen LogP contribution is 2.23. The Balaban J connectivity index is 2.02. The summed E-state index contributed by atoms with van der Waals surface area (Å²) in [6.07, 6.45) is 2.23. The molecule has 0 aromatic heterocycles. The summed E-state index contributed by atoms with van der Waals surface area (Å²) in [5.41, 5.74) is 0.652. The van der Waals surface area contributed by atoms with Crippen LogP contribution in [0.1, 0.15) is 18.4 Å². The van der Waals surface area contributed by atoms with Crippen LogP contribution in [0, 0.1) is 27.4 Å². The maximum Gasteiger partial charge on any atom is 0.289 e. The number of nitro benzene ring substituents is 1. The third kappa shape index (κ3) is 3.42. The van der Waals surface area contributed by atoms with Crippen molar-refractivity contribution in [2.45, 2.75) is 12.8 Å². The lowest BCUT2D eigenvalue weighted by molar-refractivity contribution is -0.385. The van der Waals surface area contributed by atoms with E-state index in [-0.39, 0.29) is 11.3 Å². The molecule has 1 saturated heterocycles. The lowest BCUT2D eigenvalue weighted by atomic mass is 9.98. The van der Waals surface area contributed by atoms with Crippen molar-refractivity contribution in [2.24, 2.45) is 5.92 Å². The van der Waals surface area contributed by atoms with Gasteiger partial charge in [-0.25, -0.2) is 0 Å². The molecular weight excluding hydrogens is 244 g/mol. The second-order valence-corrected chi connectivity index (χ2v) is 4.68. The van der Waals surface area contributed by atoms with Crippen LogP contribution in [0.2, 0.25) is 0 Å². The third-order valence-corrected chi connectivity index (χ3v) is 3.37. The van der Waals surface area contributed by atoms with Crippen molar-refractivity contribution in [1.29, 1.82) is 5.26 Å². The normalized spacial score (nSPS) is 15.7. The molecule has 6 heteroatoms. The molecule has 0 amide bonds. The lowest BCUT2D eigenvalue weighted by Crippen LogP contribution is -2.31. The molecule has 1 heterocycles. The number of nitriles is 1. The van der Waals surface area contributed by atoms with E-state index >= 15 is 0 Å². The molecule has 1 aromatic rings. The first kappa shape index (κ1) is 13.3. The van der Waals surface area contributed by atoms with Gasteiger partial charge in [0, 0.05) is 18.3 Å². The van der Waals surface area contributed by atoms with Gasteiger partial charge in [0.15, 0.2) is 0 Å². The largest absolute Gasteiger partial charge is 0.385 e. The topological polar surface area (TPSA) is 91.0 Å². The molecule has 0 atom stereocenters. The van der Waals surface area contributed by atoms with Crippen molar-refractivity contribution in [3.05, 3.63) is 33.9 Å². The molecule has 1 aliphatic heterocycles. The van der Waals surface area contributed by atoms with Gasteiger partial charge in [-0.05, 0) is 44.0 Å². The van der Waals surface area contributed by atoms with E-state index in [4.69, 9.17) is 5.26 Å². The Labute approximate surface area is 111 Å². The molecule has 19 heavy (non-hydrogen) atoms. The molecule has 6 nitrogen and oxygen atoms in total. The van der Waals surface area contributed by atoms with Crippen molar-refractivity contribution in [1.82, 2.24) is 5.32 Å². The van der Waals surface area contributed by atoms with Gasteiger partial charge in [0.05, 0.1) is 4.92 Å². The van der Waals surface area contributed by atoms with Crippen LogP contribution in [-0.4, -0.2) is 24.6 Å². The molecule has 1 aliphatic rings. The minimum atomic E-state index is -0.520. The predicted octanol–water partition coefficient (Wildman–Crippen LogP) is 1.88. The van der Waals surface area contributed by atoms with Gasteiger partial charge in [0.25, 0.3) is 5.69 Å². The number of nitrogens with zero attached hydrogens (tertiary/aromatic N) is 2. The van der Waals surface area contributed by atoms with Crippen molar-refractivity contribution in [3.63, 3.8) is 0 Å². The molecule has 1 aromatic carbocycles. The monoisotopic (exact) mass is 260 g/mol. The summed E-state index contributed by atoms with van der Waals surface area (Å²) < 4.78 is 0. The molecule has 0 radical (unpaired) electrons. The second-order valence-electron chi connectivity index (χ2n) is 4.68. The van der Waals surface area contributed by atoms with Crippen molar-refractivity contribution in [3.8, 4) is 6.07 Å². The van der Waals surface area contributed by atoms with Crippen LogP contribution in [0.5, 0.6) is 0 Å². The molecule has 0 unspecified atom stereocenters. The van der Waals surface area contributed by atoms with Crippen LogP contribution in [0.3, 0.4) is 0 Å². The van der Waals surface area contributed by atoms with E-state index in [2.05, 4.69) is 10.6 Å². The Bertz CT molecular complexity index is 504. The molecule has 0 saturated carbocycles. The quantitative estimate of drug-likeness (QED) is 0.637. The number of hydrogen-bond acceptors (Lipinski definition) is 5. The Morgan fingerprint density at radius 2 is 2.21 bits per heavy atom. The summed E-state index contributed by atoms with van der Waals surface area (Å²) in [7, 11) is 0. The first-order valence-corrected chi connectivity index (χ1v) is 6.34. The van der Waals surface area contributed by atoms with Gasteiger partial charge in [0.1, 0.15) is 11.6 Å². The van der Waals surface area contributed by atoms with E-state index in [1.54, 1.807) is 6.07 Å². The first-order valence-electron chi connectivity index (χ1n) is 6.34. The van der Waals surface area contributed by atoms with Crippen LogP contribution in [-0.2, 0) is 0 Å². The highest BCUT2D eigenvalue weighted by Gasteiger charge is 2.16. The number of nitrogens with one attached hydrogen (secondary N) is 2. The number of benzene rings is 1. The van der Waals surface area contributed by atoms with Gasteiger partial charge in [-0.1, -0.05) is 0 Å². The third-order valence-electron chi connectivity index (χ3n) is 3.37. The van der Waals surface area contributed by atoms with Gasteiger partial charge in [-0.2, -0.15) is 5.26 Å². The minimum Gasteiger partial charge on any atom is -0.385 e. The van der Waals surface area contributed by atoms with Gasteiger partial charge >= 0.3 is 0 Å². The number of piperidine rings is 1. The second kappa shape index (κ2) is 6.16. The average molecular weight is 260 g/mol. The van der Waals surface area contributed by atoms with Crippen molar-refractivity contribution >= 4 is 11.4 Å². The van der Waals surface area contributed by atoms with E-state index in [0.717, 1.165) is 32.5 Å². The molecule has 100 valence electrons. The Hall–Kier alpha value is -2.13. The summed E-state index contributed by atoms with van der Waals surface area (Å²) in [6, 6.07) is 6.47. The number of hydrogen-bond donors (Lipinski definition) is 2. The van der Waals surface area contributed by atoms with Crippen LogP contribution in [0.15, 0.2) is 18.2 Å². The predicted molar refractivity (Wildman–Crippen MR) is 71.9 cm³/mol. The van der Waals surface area contributed by atoms with Crippen LogP contribution in [0.4, 0.5) is 11.4 Å². The van der Waals surface area contributed by atoms with Gasteiger partial charge in [-0.3, -0.25) is 10.1 Å². The fraction of sp³-hybridized carbons (Fsp3) is 0.462. The highest BCUT2D eigenvalue weighted by atomic mass is 16.6. The molecule has 0 spiro atoms. The van der Waals surface area contributed by atoms with Crippen molar-refractivity contribution in [2.75, 3.05) is 25.0 Å². The Kier molecular flexibility index (Phi) is 4.31.